The van der Waals surface area contributed by atoms with Gasteiger partial charge in [0.05, 0.1) is 12.1 Å². The summed E-state index contributed by atoms with van der Waals surface area (Å²) in [4.78, 5) is 25.3. The fourth-order valence-electron chi connectivity index (χ4n) is 2.75. The summed E-state index contributed by atoms with van der Waals surface area (Å²) in [7, 11) is 0. The number of rotatable bonds is 5. The van der Waals surface area contributed by atoms with Gasteiger partial charge in [-0.05, 0) is 24.7 Å². The van der Waals surface area contributed by atoms with Gasteiger partial charge in [0.2, 0.25) is 0 Å². The minimum atomic E-state index is -0.843. The van der Waals surface area contributed by atoms with Gasteiger partial charge in [0.1, 0.15) is 0 Å². The van der Waals surface area contributed by atoms with E-state index in [1.165, 1.54) is 0 Å². The van der Waals surface area contributed by atoms with Crippen molar-refractivity contribution in [1.82, 2.24) is 19.9 Å². The molecule has 2 heterocycles. The molecule has 0 aromatic carbocycles. The topological polar surface area (TPSA) is 88.3 Å². The molecule has 0 bridgehead atoms. The first-order chi connectivity index (χ1) is 10.4. The number of likely N-dealkylation sites (tertiary alicyclic amines) is 1. The smallest absolute Gasteiger partial charge is 0.308 e. The maximum Gasteiger partial charge on any atom is 0.308 e. The number of aromatic nitrogens is 3. The van der Waals surface area contributed by atoms with Gasteiger partial charge in [0, 0.05) is 19.6 Å². The predicted octanol–water partition coefficient (Wildman–Crippen LogP) is 1.51. The quantitative estimate of drug-likeness (QED) is 0.890. The van der Waals surface area contributed by atoms with Crippen LogP contribution < -0.4 is 0 Å². The molecule has 1 N–H and O–H groups in total. The van der Waals surface area contributed by atoms with Crippen LogP contribution in [0.5, 0.6) is 0 Å². The summed E-state index contributed by atoms with van der Waals surface area (Å²) in [6.07, 6.45) is 3.23. The zero-order valence-electron chi connectivity index (χ0n) is 13.4. The molecule has 122 valence electrons. The van der Waals surface area contributed by atoms with E-state index in [1.807, 2.05) is 6.92 Å². The normalized spacial score (nSPS) is 22.1. The number of aryl methyl sites for hydroxylation is 1. The van der Waals surface area contributed by atoms with Gasteiger partial charge < -0.3 is 10.0 Å². The lowest BCUT2D eigenvalue weighted by Crippen LogP contribution is -2.45. The molecule has 1 aromatic rings. The van der Waals surface area contributed by atoms with Gasteiger partial charge in [-0.2, -0.15) is 0 Å². The molecule has 1 fully saturated rings. The number of carbonyl (C=O) groups is 2. The lowest BCUT2D eigenvalue weighted by atomic mass is 9.90. The Labute approximate surface area is 130 Å². The number of amides is 1. The molecule has 22 heavy (non-hydrogen) atoms. The maximum absolute atomic E-state index is 12.5. The summed E-state index contributed by atoms with van der Waals surface area (Å²) in [6, 6.07) is 0. The predicted molar refractivity (Wildman–Crippen MR) is 80.3 cm³/mol. The molecule has 0 spiro atoms. The van der Waals surface area contributed by atoms with E-state index in [4.69, 9.17) is 0 Å². The van der Waals surface area contributed by atoms with E-state index in [-0.39, 0.29) is 18.4 Å². The summed E-state index contributed by atoms with van der Waals surface area (Å²) in [5.41, 5.74) is 0.294. The van der Waals surface area contributed by atoms with Crippen molar-refractivity contribution in [2.24, 2.45) is 17.8 Å². The number of hydrogen-bond donors (Lipinski definition) is 1. The Bertz CT molecular complexity index is 541. The Morgan fingerprint density at radius 2 is 2.14 bits per heavy atom. The summed E-state index contributed by atoms with van der Waals surface area (Å²) < 4.78 is 1.68. The summed E-state index contributed by atoms with van der Waals surface area (Å²) >= 11 is 0. The first-order valence-electron chi connectivity index (χ1n) is 7.79. The molecule has 0 saturated carbocycles. The first kappa shape index (κ1) is 16.5. The van der Waals surface area contributed by atoms with Crippen LogP contribution in [0.15, 0.2) is 6.20 Å². The van der Waals surface area contributed by atoms with Crippen LogP contribution in [0.25, 0.3) is 0 Å². The Morgan fingerprint density at radius 1 is 1.41 bits per heavy atom. The zero-order valence-corrected chi connectivity index (χ0v) is 13.4. The number of nitrogens with zero attached hydrogens (tertiary/aromatic N) is 4. The molecule has 2 atom stereocenters. The van der Waals surface area contributed by atoms with E-state index in [0.717, 1.165) is 13.0 Å². The summed E-state index contributed by atoms with van der Waals surface area (Å²) in [5, 5.41) is 17.1. The van der Waals surface area contributed by atoms with Crippen molar-refractivity contribution in [1.29, 1.82) is 0 Å². The van der Waals surface area contributed by atoms with Crippen molar-refractivity contribution in [2.75, 3.05) is 13.1 Å². The third-order valence-corrected chi connectivity index (χ3v) is 3.99. The third kappa shape index (κ3) is 4.05. The van der Waals surface area contributed by atoms with Crippen LogP contribution in [0.3, 0.4) is 0 Å². The summed E-state index contributed by atoms with van der Waals surface area (Å²) in [6.45, 7) is 7.77. The second-order valence-electron chi connectivity index (χ2n) is 6.64. The number of carboxylic acids is 1. The van der Waals surface area contributed by atoms with Crippen LogP contribution in [0.2, 0.25) is 0 Å². The van der Waals surface area contributed by atoms with E-state index < -0.39 is 11.9 Å². The highest BCUT2D eigenvalue weighted by Gasteiger charge is 2.33. The van der Waals surface area contributed by atoms with Crippen LogP contribution in [0, 0.1) is 17.8 Å². The van der Waals surface area contributed by atoms with Gasteiger partial charge in [0.15, 0.2) is 5.69 Å². The monoisotopic (exact) mass is 308 g/mol. The van der Waals surface area contributed by atoms with Gasteiger partial charge in [0.25, 0.3) is 5.91 Å². The molecule has 0 radical (unpaired) electrons. The average Bonchev–Trinajstić information content (AvgIpc) is 2.92. The van der Waals surface area contributed by atoms with Crippen molar-refractivity contribution in [2.45, 2.75) is 40.2 Å². The molecular formula is C15H24N4O3. The minimum absolute atomic E-state index is 0.176. The first-order valence-corrected chi connectivity index (χ1v) is 7.79. The molecule has 1 saturated heterocycles. The van der Waals surface area contributed by atoms with Crippen molar-refractivity contribution in [3.05, 3.63) is 11.9 Å². The second kappa shape index (κ2) is 6.89. The van der Waals surface area contributed by atoms with Gasteiger partial charge in [-0.25, -0.2) is 0 Å². The Hall–Kier alpha value is -1.92. The van der Waals surface area contributed by atoms with Crippen molar-refractivity contribution in [3.63, 3.8) is 0 Å². The molecule has 1 aliphatic rings. The highest BCUT2D eigenvalue weighted by Crippen LogP contribution is 2.23. The van der Waals surface area contributed by atoms with Gasteiger partial charge >= 0.3 is 5.97 Å². The minimum Gasteiger partial charge on any atom is -0.481 e. The standard InChI is InChI=1S/C15H24N4O3/c1-10(2)4-5-19-9-13(16-17-19)14(20)18-7-11(3)6-12(8-18)15(21)22/h9-12H,4-8H2,1-3H3,(H,21,22). The van der Waals surface area contributed by atoms with Crippen LogP contribution in [-0.2, 0) is 11.3 Å². The largest absolute Gasteiger partial charge is 0.481 e. The molecule has 1 amide bonds. The molecule has 2 rings (SSSR count). The SMILES string of the molecule is CC(C)CCn1cc(C(=O)N2CC(C)CC(C(=O)O)C2)nn1. The van der Waals surface area contributed by atoms with Gasteiger partial charge in [-0.3, -0.25) is 14.3 Å². The number of hydrogen-bond acceptors (Lipinski definition) is 4. The zero-order chi connectivity index (χ0) is 16.3. The number of carboxylic acid groups (broad SMARTS) is 1. The molecular weight excluding hydrogens is 284 g/mol. The Kier molecular flexibility index (Phi) is 5.15. The lowest BCUT2D eigenvalue weighted by molar-refractivity contribution is -0.143. The molecule has 7 heteroatoms. The van der Waals surface area contributed by atoms with Crippen molar-refractivity contribution >= 4 is 11.9 Å². The van der Waals surface area contributed by atoms with Crippen molar-refractivity contribution < 1.29 is 14.7 Å². The van der Waals surface area contributed by atoms with E-state index in [9.17, 15) is 14.7 Å². The fraction of sp³-hybridized carbons (Fsp3) is 0.733. The molecule has 7 nitrogen and oxygen atoms in total. The van der Waals surface area contributed by atoms with Crippen LogP contribution in [0.4, 0.5) is 0 Å². The highest BCUT2D eigenvalue weighted by atomic mass is 16.4. The molecule has 0 aliphatic carbocycles. The maximum atomic E-state index is 12.5. The van der Waals surface area contributed by atoms with Crippen molar-refractivity contribution in [3.8, 4) is 0 Å². The second-order valence-corrected chi connectivity index (χ2v) is 6.64. The molecule has 2 unspecified atom stereocenters. The molecule has 1 aromatic heterocycles. The third-order valence-electron chi connectivity index (χ3n) is 3.99. The number of carbonyl (C=O) groups excluding carboxylic acids is 1. The molecule has 1 aliphatic heterocycles. The Balaban J connectivity index is 2.02. The van der Waals surface area contributed by atoms with Crippen LogP contribution in [0.1, 0.15) is 44.1 Å². The Morgan fingerprint density at radius 3 is 2.77 bits per heavy atom. The van der Waals surface area contributed by atoms with E-state index in [1.54, 1.807) is 15.8 Å². The average molecular weight is 308 g/mol. The summed E-state index contributed by atoms with van der Waals surface area (Å²) in [5.74, 6) is -0.834. The fourth-order valence-corrected chi connectivity index (χ4v) is 2.75. The van der Waals surface area contributed by atoms with E-state index >= 15 is 0 Å². The van der Waals surface area contributed by atoms with Crippen LogP contribution in [-0.4, -0.2) is 50.0 Å². The highest BCUT2D eigenvalue weighted by molar-refractivity contribution is 5.92. The van der Waals surface area contributed by atoms with Gasteiger partial charge in [-0.1, -0.05) is 26.0 Å². The van der Waals surface area contributed by atoms with Crippen LogP contribution >= 0.6 is 0 Å². The number of piperidine rings is 1. The van der Waals surface area contributed by atoms with E-state index in [2.05, 4.69) is 24.2 Å². The lowest BCUT2D eigenvalue weighted by Gasteiger charge is -2.34. The van der Waals surface area contributed by atoms with E-state index in [0.29, 0.717) is 24.6 Å². The number of aliphatic carboxylic acids is 1. The van der Waals surface area contributed by atoms with Gasteiger partial charge in [-0.15, -0.1) is 5.10 Å².